The van der Waals surface area contributed by atoms with Gasteiger partial charge in [-0.25, -0.2) is 0 Å². The number of nitrogens with zero attached hydrogens (tertiary/aromatic N) is 2. The highest BCUT2D eigenvalue weighted by molar-refractivity contribution is 5.95. The van der Waals surface area contributed by atoms with E-state index in [0.717, 1.165) is 49.7 Å². The lowest BCUT2D eigenvalue weighted by molar-refractivity contribution is 0.477. The van der Waals surface area contributed by atoms with E-state index < -0.39 is 0 Å². The lowest BCUT2D eigenvalue weighted by Crippen LogP contribution is -1.90. The molecular formula is C58H36N2O. The van der Waals surface area contributed by atoms with E-state index >= 15 is 0 Å². The second-order valence-electron chi connectivity index (χ2n) is 13.2. The molecule has 284 valence electrons. The fourth-order valence-electron chi connectivity index (χ4n) is 6.28. The van der Waals surface area contributed by atoms with Gasteiger partial charge < -0.3 is 5.11 Å². The van der Waals surface area contributed by atoms with Crippen molar-refractivity contribution in [1.29, 1.82) is 0 Å². The average Bonchev–Trinajstić information content (AvgIpc) is 3.25. The van der Waals surface area contributed by atoms with Gasteiger partial charge in [-0.2, -0.15) is 0 Å². The van der Waals surface area contributed by atoms with Gasteiger partial charge in [0.25, 0.3) is 0 Å². The molecule has 0 aliphatic carbocycles. The quantitative estimate of drug-likeness (QED) is 0.138. The number of benzene rings is 6. The molecule has 0 fully saturated rings. The first kappa shape index (κ1) is 41.6. The fourth-order valence-corrected chi connectivity index (χ4v) is 6.28. The van der Waals surface area contributed by atoms with Gasteiger partial charge in [0.05, 0.1) is 11.1 Å². The van der Waals surface area contributed by atoms with E-state index in [0.29, 0.717) is 39.2 Å². The predicted molar refractivity (Wildman–Crippen MR) is 249 cm³/mol. The SMILES string of the molecule is CC#Cc1cc(C#CC)cc(C#Cc2cc(C#Cc3cc(C#CC)cc(C#CC)c3)c(/N=N/c3c(O)ccc4ccccc34)c(C#Cc3cc(C#CC)cc(C#CC)c3)c2)c1. The van der Waals surface area contributed by atoms with Gasteiger partial charge in [-0.05, 0) is 120 Å². The fraction of sp³-hybridized carbons (Fsp3) is 0.103. The number of phenolic OH excluding ortho intramolecular Hbond substituents is 1. The first-order valence-corrected chi connectivity index (χ1v) is 19.2. The molecule has 6 aromatic rings. The Hall–Kier alpha value is -8.98. The lowest BCUT2D eigenvalue weighted by atomic mass is 10.0. The molecule has 0 aliphatic heterocycles. The standard InChI is InChI=1S/C58H36N2O/c1-7-15-42-31-43(16-8-2)35-48(34-42)23-24-51-40-53(27-25-49-36-44(17-9-3)32-45(37-49)18-10-4)57(59-60-58-55-22-14-13-21-52(55)29-30-56(58)61)54(41-51)28-26-50-38-46(19-11-5)33-47(39-50)20-12-6/h13-14,21-22,29-41,61H,1-6H3/b60-59+. The second kappa shape index (κ2) is 20.4. The summed E-state index contributed by atoms with van der Waals surface area (Å²) in [6.45, 7) is 10.8. The maximum absolute atomic E-state index is 11.0. The third kappa shape index (κ3) is 11.1. The lowest BCUT2D eigenvalue weighted by Gasteiger charge is -2.07. The third-order valence-corrected chi connectivity index (χ3v) is 8.69. The van der Waals surface area contributed by atoms with Gasteiger partial charge in [0.2, 0.25) is 0 Å². The summed E-state index contributed by atoms with van der Waals surface area (Å²) in [6, 6.07) is 32.3. The Labute approximate surface area is 359 Å². The largest absolute Gasteiger partial charge is 0.506 e. The van der Waals surface area contributed by atoms with E-state index in [-0.39, 0.29) is 5.75 Å². The molecular weight excluding hydrogens is 741 g/mol. The van der Waals surface area contributed by atoms with E-state index in [1.54, 1.807) is 47.6 Å². The first-order chi connectivity index (χ1) is 29.8. The van der Waals surface area contributed by atoms with Crippen molar-refractivity contribution >= 4 is 22.1 Å². The molecule has 0 radical (unpaired) electrons. The summed E-state index contributed by atoms with van der Waals surface area (Å²) in [4.78, 5) is 0. The van der Waals surface area contributed by atoms with Crippen molar-refractivity contribution in [3.63, 3.8) is 0 Å². The second-order valence-corrected chi connectivity index (χ2v) is 13.2. The molecule has 0 unspecified atom stereocenters. The van der Waals surface area contributed by atoms with Crippen LogP contribution in [-0.4, -0.2) is 5.11 Å². The molecule has 0 bridgehead atoms. The zero-order valence-corrected chi connectivity index (χ0v) is 34.7. The summed E-state index contributed by atoms with van der Waals surface area (Å²) in [6.07, 6.45) is 0. The summed E-state index contributed by atoms with van der Waals surface area (Å²) < 4.78 is 0. The minimum atomic E-state index is -0.0100. The molecule has 61 heavy (non-hydrogen) atoms. The van der Waals surface area contributed by atoms with Crippen molar-refractivity contribution in [3.05, 3.63) is 170 Å². The normalized spacial score (nSPS) is 9.28. The van der Waals surface area contributed by atoms with Crippen LogP contribution in [0.25, 0.3) is 10.8 Å². The maximum Gasteiger partial charge on any atom is 0.143 e. The van der Waals surface area contributed by atoms with Gasteiger partial charge in [0, 0.05) is 61.0 Å². The summed E-state index contributed by atoms with van der Waals surface area (Å²) in [7, 11) is 0. The van der Waals surface area contributed by atoms with Crippen LogP contribution in [0.1, 0.15) is 108 Å². The Morgan fingerprint density at radius 3 is 1.02 bits per heavy atom. The number of phenols is 1. The molecule has 0 aromatic heterocycles. The average molecular weight is 777 g/mol. The van der Waals surface area contributed by atoms with E-state index in [1.807, 2.05) is 97.1 Å². The Bertz CT molecular complexity index is 3140. The van der Waals surface area contributed by atoms with E-state index in [2.05, 4.69) is 112 Å². The van der Waals surface area contributed by atoms with Crippen LogP contribution in [-0.2, 0) is 0 Å². The zero-order valence-electron chi connectivity index (χ0n) is 34.7. The van der Waals surface area contributed by atoms with Gasteiger partial charge in [-0.15, -0.1) is 45.8 Å². The molecule has 0 aliphatic rings. The summed E-state index contributed by atoms with van der Waals surface area (Å²) >= 11 is 0. The summed E-state index contributed by atoms with van der Waals surface area (Å²) in [5.41, 5.74) is 9.42. The minimum absolute atomic E-state index is 0.0100. The number of fused-ring (bicyclic) bond motifs is 1. The van der Waals surface area contributed by atoms with Gasteiger partial charge >= 0.3 is 0 Å². The van der Waals surface area contributed by atoms with Crippen molar-refractivity contribution < 1.29 is 5.11 Å². The van der Waals surface area contributed by atoms with Crippen molar-refractivity contribution in [2.75, 3.05) is 0 Å². The summed E-state index contributed by atoms with van der Waals surface area (Å²) in [5, 5.41) is 22.2. The van der Waals surface area contributed by atoms with Crippen molar-refractivity contribution in [2.24, 2.45) is 10.2 Å². The molecule has 3 heteroatoms. The minimum Gasteiger partial charge on any atom is -0.506 e. The third-order valence-electron chi connectivity index (χ3n) is 8.69. The molecule has 3 nitrogen and oxygen atoms in total. The zero-order chi connectivity index (χ0) is 43.0. The highest BCUT2D eigenvalue weighted by Crippen LogP contribution is 2.37. The Morgan fingerprint density at radius 2 is 0.639 bits per heavy atom. The first-order valence-electron chi connectivity index (χ1n) is 19.2. The number of hydrogen-bond acceptors (Lipinski definition) is 3. The number of rotatable bonds is 2. The number of azo groups is 1. The topological polar surface area (TPSA) is 45.0 Å². The van der Waals surface area contributed by atoms with Crippen molar-refractivity contribution in [3.8, 4) is 112 Å². The highest BCUT2D eigenvalue weighted by Gasteiger charge is 2.12. The molecule has 1 N–H and O–H groups in total. The van der Waals surface area contributed by atoms with E-state index in [1.165, 1.54) is 0 Å². The van der Waals surface area contributed by atoms with Gasteiger partial charge in [-0.1, -0.05) is 101 Å². The van der Waals surface area contributed by atoms with E-state index in [9.17, 15) is 5.11 Å². The van der Waals surface area contributed by atoms with Crippen LogP contribution in [0, 0.1) is 107 Å². The Balaban J connectivity index is 1.65. The molecule has 0 saturated carbocycles. The molecule has 0 spiro atoms. The van der Waals surface area contributed by atoms with Crippen LogP contribution < -0.4 is 0 Å². The highest BCUT2D eigenvalue weighted by atomic mass is 16.3. The predicted octanol–water partition coefficient (Wildman–Crippen LogP) is 11.4. The van der Waals surface area contributed by atoms with Crippen LogP contribution in [0.4, 0.5) is 11.4 Å². The van der Waals surface area contributed by atoms with Gasteiger partial charge in [0.15, 0.2) is 0 Å². The maximum atomic E-state index is 11.0. The Morgan fingerprint density at radius 1 is 0.328 bits per heavy atom. The summed E-state index contributed by atoms with van der Waals surface area (Å²) in [5.74, 6) is 56.7. The number of hydrogen-bond donors (Lipinski definition) is 1. The van der Waals surface area contributed by atoms with Crippen LogP contribution in [0.5, 0.6) is 5.75 Å². The van der Waals surface area contributed by atoms with Crippen LogP contribution in [0.3, 0.4) is 0 Å². The van der Waals surface area contributed by atoms with Gasteiger partial charge in [0.1, 0.15) is 17.1 Å². The molecule has 0 amide bonds. The molecule has 0 saturated heterocycles. The monoisotopic (exact) mass is 776 g/mol. The molecule has 6 rings (SSSR count). The smallest absolute Gasteiger partial charge is 0.143 e. The van der Waals surface area contributed by atoms with Crippen LogP contribution >= 0.6 is 0 Å². The van der Waals surface area contributed by atoms with E-state index in [4.69, 9.17) is 5.11 Å². The molecule has 0 atom stereocenters. The van der Waals surface area contributed by atoms with Crippen LogP contribution in [0.2, 0.25) is 0 Å². The molecule has 6 aromatic carbocycles. The van der Waals surface area contributed by atoms with Gasteiger partial charge in [-0.3, -0.25) is 0 Å². The Kier molecular flexibility index (Phi) is 14.0. The molecule has 0 heterocycles. The van der Waals surface area contributed by atoms with Crippen LogP contribution in [0.15, 0.2) is 113 Å². The number of aromatic hydroxyl groups is 1. The van der Waals surface area contributed by atoms with Crippen molar-refractivity contribution in [2.45, 2.75) is 41.5 Å². The van der Waals surface area contributed by atoms with Crippen molar-refractivity contribution in [1.82, 2.24) is 0 Å².